The number of sulfone groups is 1. The van der Waals surface area contributed by atoms with Crippen LogP contribution in [0.15, 0.2) is 42.9 Å². The first-order chi connectivity index (χ1) is 17.1. The Morgan fingerprint density at radius 2 is 1.92 bits per heavy atom. The van der Waals surface area contributed by atoms with Gasteiger partial charge in [-0.25, -0.2) is 23.4 Å². The second-order valence-corrected chi connectivity index (χ2v) is 12.0. The lowest BCUT2D eigenvalue weighted by Gasteiger charge is -2.25. The topological polar surface area (TPSA) is 112 Å². The summed E-state index contributed by atoms with van der Waals surface area (Å²) in [5.41, 5.74) is 3.10. The number of ketones is 1. The second kappa shape index (κ2) is 10.4. The van der Waals surface area contributed by atoms with Gasteiger partial charge < -0.3 is 4.74 Å². The van der Waals surface area contributed by atoms with E-state index in [4.69, 9.17) is 4.74 Å². The van der Waals surface area contributed by atoms with Gasteiger partial charge in [-0.3, -0.25) is 9.78 Å². The third kappa shape index (κ3) is 5.61. The molecule has 2 aromatic heterocycles. The van der Waals surface area contributed by atoms with Crippen molar-refractivity contribution >= 4 is 15.6 Å². The Hall–Kier alpha value is -3.20. The number of aromatic nitrogens is 4. The van der Waals surface area contributed by atoms with Crippen LogP contribution in [0.5, 0.6) is 5.88 Å². The molecule has 0 saturated heterocycles. The molecule has 36 heavy (non-hydrogen) atoms. The number of hydrogen-bond donors (Lipinski definition) is 0. The fraction of sp³-hybridized carbons (Fsp3) is 0.444. The van der Waals surface area contributed by atoms with Crippen molar-refractivity contribution < 1.29 is 17.9 Å². The van der Waals surface area contributed by atoms with Crippen LogP contribution in [0.2, 0.25) is 0 Å². The van der Waals surface area contributed by atoms with Crippen molar-refractivity contribution in [2.24, 2.45) is 0 Å². The van der Waals surface area contributed by atoms with Gasteiger partial charge in [-0.15, -0.1) is 0 Å². The molecule has 0 radical (unpaired) electrons. The molecule has 8 nitrogen and oxygen atoms in total. The van der Waals surface area contributed by atoms with Crippen LogP contribution in [-0.4, -0.2) is 46.0 Å². The summed E-state index contributed by atoms with van der Waals surface area (Å²) in [6.07, 6.45) is 7.38. The first-order valence-electron chi connectivity index (χ1n) is 12.2. The molecule has 0 N–H and O–H groups in total. The predicted octanol–water partition coefficient (Wildman–Crippen LogP) is 4.20. The van der Waals surface area contributed by atoms with Crippen LogP contribution in [0.25, 0.3) is 11.3 Å². The molecular formula is C27H32N4O4S. The van der Waals surface area contributed by atoms with Gasteiger partial charge in [0.2, 0.25) is 5.88 Å². The number of carbonyl (C=O) groups is 1. The number of aryl methyl sites for hydroxylation is 1. The quantitative estimate of drug-likeness (QED) is 0.401. The van der Waals surface area contributed by atoms with Gasteiger partial charge >= 0.3 is 0 Å². The molecule has 3 aromatic rings. The minimum atomic E-state index is -3.27. The van der Waals surface area contributed by atoms with Gasteiger partial charge in [-0.05, 0) is 63.8 Å². The molecule has 0 spiro atoms. The summed E-state index contributed by atoms with van der Waals surface area (Å²) in [5.74, 6) is 0.515. The first kappa shape index (κ1) is 25.9. The van der Waals surface area contributed by atoms with E-state index in [1.807, 2.05) is 45.9 Å². The number of ether oxygens (including phenoxy) is 1. The summed E-state index contributed by atoms with van der Waals surface area (Å²) in [4.78, 5) is 30.8. The van der Waals surface area contributed by atoms with Gasteiger partial charge in [0.05, 0.1) is 41.1 Å². The Bertz CT molecular complexity index is 1370. The molecule has 0 aliphatic heterocycles. The first-order valence-corrected chi connectivity index (χ1v) is 13.9. The van der Waals surface area contributed by atoms with Gasteiger partial charge in [0.1, 0.15) is 17.4 Å². The third-order valence-electron chi connectivity index (χ3n) is 6.83. The Morgan fingerprint density at radius 3 is 2.58 bits per heavy atom. The van der Waals surface area contributed by atoms with Crippen molar-refractivity contribution in [3.05, 3.63) is 65.5 Å². The zero-order chi connectivity index (χ0) is 25.9. The van der Waals surface area contributed by atoms with E-state index in [2.05, 4.69) is 19.9 Å². The lowest BCUT2D eigenvalue weighted by Crippen LogP contribution is -2.33. The summed E-state index contributed by atoms with van der Waals surface area (Å²) in [6.45, 7) is 8.01. The predicted molar refractivity (Wildman–Crippen MR) is 137 cm³/mol. The molecule has 0 atom stereocenters. The minimum Gasteiger partial charge on any atom is -0.477 e. The highest BCUT2D eigenvalue weighted by atomic mass is 32.2. The van der Waals surface area contributed by atoms with E-state index in [9.17, 15) is 13.2 Å². The summed E-state index contributed by atoms with van der Waals surface area (Å²) in [7, 11) is -3.27. The van der Waals surface area contributed by atoms with Crippen molar-refractivity contribution in [2.45, 2.75) is 69.8 Å². The Balaban J connectivity index is 1.50. The SMILES string of the molecule is CCOc1cncc(-c2ccc(CC(=O)C(C)(C)c3ccnc(CS(=O)(=O)C4CCC4)n3)c(C)c2)n1. The van der Waals surface area contributed by atoms with Crippen LogP contribution in [-0.2, 0) is 32.2 Å². The molecule has 4 rings (SSSR count). The van der Waals surface area contributed by atoms with E-state index in [1.54, 1.807) is 24.7 Å². The normalized spacial score (nSPS) is 14.3. The molecule has 190 valence electrons. The van der Waals surface area contributed by atoms with Gasteiger partial charge in [-0.2, -0.15) is 0 Å². The molecule has 1 aromatic carbocycles. The maximum Gasteiger partial charge on any atom is 0.232 e. The van der Waals surface area contributed by atoms with Crippen LogP contribution in [0.1, 0.15) is 62.7 Å². The molecule has 1 saturated carbocycles. The van der Waals surface area contributed by atoms with Crippen molar-refractivity contribution in [1.82, 2.24) is 19.9 Å². The van der Waals surface area contributed by atoms with Crippen LogP contribution < -0.4 is 4.74 Å². The molecule has 1 aliphatic rings. The number of hydrogen-bond acceptors (Lipinski definition) is 8. The largest absolute Gasteiger partial charge is 0.477 e. The number of Topliss-reactive ketones (excluding diaryl/α,β-unsaturated/α-hetero) is 1. The van der Waals surface area contributed by atoms with Crippen molar-refractivity contribution in [3.8, 4) is 17.1 Å². The van der Waals surface area contributed by atoms with E-state index < -0.39 is 15.3 Å². The summed E-state index contributed by atoms with van der Waals surface area (Å²) < 4.78 is 30.6. The fourth-order valence-electron chi connectivity index (χ4n) is 4.14. The Kier molecular flexibility index (Phi) is 7.49. The molecule has 0 amide bonds. The van der Waals surface area contributed by atoms with Crippen molar-refractivity contribution in [3.63, 3.8) is 0 Å². The fourth-order valence-corrected chi connectivity index (χ4v) is 5.93. The molecule has 0 unspecified atom stereocenters. The molecule has 9 heteroatoms. The van der Waals surface area contributed by atoms with Crippen LogP contribution >= 0.6 is 0 Å². The minimum absolute atomic E-state index is 0.0111. The van der Waals surface area contributed by atoms with E-state index in [0.29, 0.717) is 36.7 Å². The van der Waals surface area contributed by atoms with Crippen LogP contribution in [0.3, 0.4) is 0 Å². The standard InChI is InChI=1S/C27H32N4O4S/c1-5-35-26-16-28-15-22(30-26)20-10-9-19(18(2)13-20)14-24(32)27(3,4)23-11-12-29-25(31-23)17-36(33,34)21-7-6-8-21/h9-13,15-16,21H,5-8,14,17H2,1-4H3. The van der Waals surface area contributed by atoms with Crippen molar-refractivity contribution in [2.75, 3.05) is 6.61 Å². The Labute approximate surface area is 212 Å². The van der Waals surface area contributed by atoms with Gasteiger partial charge in [0.15, 0.2) is 9.84 Å². The molecule has 2 heterocycles. The Morgan fingerprint density at radius 1 is 1.14 bits per heavy atom. The van der Waals surface area contributed by atoms with Crippen LogP contribution in [0.4, 0.5) is 0 Å². The van der Waals surface area contributed by atoms with Gasteiger partial charge in [0, 0.05) is 18.2 Å². The molecular weight excluding hydrogens is 476 g/mol. The number of rotatable bonds is 10. The summed E-state index contributed by atoms with van der Waals surface area (Å²) in [6, 6.07) is 7.54. The highest BCUT2D eigenvalue weighted by Gasteiger charge is 2.34. The molecule has 1 aliphatic carbocycles. The number of benzene rings is 1. The van der Waals surface area contributed by atoms with E-state index in [1.165, 1.54) is 0 Å². The van der Waals surface area contributed by atoms with Crippen molar-refractivity contribution in [1.29, 1.82) is 0 Å². The van der Waals surface area contributed by atoms with Gasteiger partial charge in [0.25, 0.3) is 0 Å². The summed E-state index contributed by atoms with van der Waals surface area (Å²) >= 11 is 0. The number of carbonyl (C=O) groups excluding carboxylic acids is 1. The summed E-state index contributed by atoms with van der Waals surface area (Å²) in [5, 5.41) is -0.294. The molecule has 0 bridgehead atoms. The van der Waals surface area contributed by atoms with E-state index >= 15 is 0 Å². The zero-order valence-corrected chi connectivity index (χ0v) is 22.0. The van der Waals surface area contributed by atoms with Crippen LogP contribution in [0, 0.1) is 6.92 Å². The second-order valence-electron chi connectivity index (χ2n) is 9.76. The third-order valence-corrected chi connectivity index (χ3v) is 8.98. The maximum atomic E-state index is 13.4. The van der Waals surface area contributed by atoms with E-state index in [-0.39, 0.29) is 29.0 Å². The highest BCUT2D eigenvalue weighted by molar-refractivity contribution is 7.91. The highest BCUT2D eigenvalue weighted by Crippen LogP contribution is 2.30. The lowest BCUT2D eigenvalue weighted by molar-refractivity contribution is -0.123. The average molecular weight is 509 g/mol. The number of nitrogens with zero attached hydrogens (tertiary/aromatic N) is 4. The lowest BCUT2D eigenvalue weighted by atomic mass is 9.81. The smallest absolute Gasteiger partial charge is 0.232 e. The zero-order valence-electron chi connectivity index (χ0n) is 21.2. The molecule has 1 fully saturated rings. The van der Waals surface area contributed by atoms with E-state index in [0.717, 1.165) is 23.1 Å². The van der Waals surface area contributed by atoms with Gasteiger partial charge in [-0.1, -0.05) is 18.6 Å². The maximum absolute atomic E-state index is 13.4. The average Bonchev–Trinajstić information content (AvgIpc) is 2.79. The monoisotopic (exact) mass is 508 g/mol.